The Labute approximate surface area is 210 Å². The van der Waals surface area contributed by atoms with E-state index >= 15 is 0 Å². The number of aromatic nitrogens is 4. The molecule has 5 aromatic rings. The first-order chi connectivity index (χ1) is 17.9. The third-order valence-corrected chi connectivity index (χ3v) is 5.71. The number of imidazole rings is 1. The van der Waals surface area contributed by atoms with Gasteiger partial charge in [-0.2, -0.15) is 13.2 Å². The number of hydrogen-bond acceptors (Lipinski definition) is 4. The summed E-state index contributed by atoms with van der Waals surface area (Å²) in [6.45, 7) is -0.817. The maximum atomic E-state index is 13.4. The van der Waals surface area contributed by atoms with Gasteiger partial charge in [0.2, 0.25) is 5.95 Å². The lowest BCUT2D eigenvalue weighted by Crippen LogP contribution is -2.18. The molecule has 1 N–H and O–H groups in total. The Hall–Kier alpha value is -4.53. The molecule has 0 spiro atoms. The zero-order valence-electron chi connectivity index (χ0n) is 19.5. The fourth-order valence-electron chi connectivity index (χ4n) is 3.99. The summed E-state index contributed by atoms with van der Waals surface area (Å²) in [5, 5.41) is 3.13. The molecule has 0 aliphatic rings. The van der Waals surface area contributed by atoms with Crippen molar-refractivity contribution in [3.05, 3.63) is 109 Å². The molecule has 0 saturated heterocycles. The summed E-state index contributed by atoms with van der Waals surface area (Å²) in [6, 6.07) is 25.0. The molecule has 2 aromatic heterocycles. The van der Waals surface area contributed by atoms with Crippen LogP contribution in [-0.4, -0.2) is 25.7 Å². The van der Waals surface area contributed by atoms with Gasteiger partial charge in [-0.15, -0.1) is 0 Å². The van der Waals surface area contributed by atoms with Crippen molar-refractivity contribution in [2.75, 3.05) is 5.32 Å². The van der Waals surface area contributed by atoms with Crippen LogP contribution in [0.25, 0.3) is 33.8 Å². The molecule has 2 heterocycles. The van der Waals surface area contributed by atoms with E-state index in [-0.39, 0.29) is 23.0 Å². The van der Waals surface area contributed by atoms with Crippen LogP contribution in [0, 0.1) is 5.82 Å². The minimum atomic E-state index is -4.46. The largest absolute Gasteiger partial charge is 0.406 e. The van der Waals surface area contributed by atoms with Crippen molar-refractivity contribution in [3.8, 4) is 33.8 Å². The smallest absolute Gasteiger partial charge is 0.350 e. The summed E-state index contributed by atoms with van der Waals surface area (Å²) >= 11 is 0. The lowest BCUT2D eigenvalue weighted by atomic mass is 10.0. The van der Waals surface area contributed by atoms with Crippen molar-refractivity contribution in [2.24, 2.45) is 0 Å². The van der Waals surface area contributed by atoms with Gasteiger partial charge in [-0.05, 0) is 47.0 Å². The van der Waals surface area contributed by atoms with Crippen molar-refractivity contribution in [1.82, 2.24) is 19.5 Å². The van der Waals surface area contributed by atoms with E-state index in [0.717, 1.165) is 27.6 Å². The van der Waals surface area contributed by atoms with Crippen LogP contribution < -0.4 is 5.32 Å². The van der Waals surface area contributed by atoms with Crippen molar-refractivity contribution in [1.29, 1.82) is 0 Å². The lowest BCUT2D eigenvalue weighted by molar-refractivity contribution is -0.140. The predicted octanol–water partition coefficient (Wildman–Crippen LogP) is 6.99. The molecule has 9 heteroatoms. The average molecular weight is 504 g/mol. The minimum Gasteiger partial charge on any atom is -0.350 e. The van der Waals surface area contributed by atoms with Crippen LogP contribution in [0.3, 0.4) is 0 Å². The molecule has 37 heavy (non-hydrogen) atoms. The first kappa shape index (κ1) is 24.2. The molecule has 3 aromatic carbocycles. The summed E-state index contributed by atoms with van der Waals surface area (Å²) in [6.07, 6.45) is -1.87. The van der Waals surface area contributed by atoms with Gasteiger partial charge < -0.3 is 9.88 Å². The van der Waals surface area contributed by atoms with Crippen molar-refractivity contribution in [2.45, 2.75) is 19.3 Å². The van der Waals surface area contributed by atoms with Crippen molar-refractivity contribution < 1.29 is 17.6 Å². The van der Waals surface area contributed by atoms with Crippen LogP contribution in [-0.2, 0) is 13.1 Å². The minimum absolute atomic E-state index is 0.168. The normalized spacial score (nSPS) is 11.5. The summed E-state index contributed by atoms with van der Waals surface area (Å²) in [5.74, 6) is -0.195. The maximum Gasteiger partial charge on any atom is 0.406 e. The number of alkyl halides is 3. The first-order valence-electron chi connectivity index (χ1n) is 11.5. The van der Waals surface area contributed by atoms with Crippen LogP contribution in [0.5, 0.6) is 0 Å². The van der Waals surface area contributed by atoms with E-state index in [2.05, 4.69) is 20.3 Å². The number of nitrogens with zero attached hydrogens (tertiary/aromatic N) is 4. The van der Waals surface area contributed by atoms with E-state index in [0.29, 0.717) is 12.1 Å². The van der Waals surface area contributed by atoms with Crippen molar-refractivity contribution >= 4 is 5.95 Å². The molecule has 0 saturated carbocycles. The lowest BCUT2D eigenvalue weighted by Gasteiger charge is -2.13. The van der Waals surface area contributed by atoms with Crippen LogP contribution in [0.15, 0.2) is 97.5 Å². The molecule has 0 bridgehead atoms. The molecular formula is C28H21F4N5. The van der Waals surface area contributed by atoms with Gasteiger partial charge in [-0.25, -0.2) is 19.3 Å². The molecule has 0 aliphatic heterocycles. The molecule has 0 atom stereocenters. The van der Waals surface area contributed by atoms with Crippen molar-refractivity contribution in [3.63, 3.8) is 0 Å². The second kappa shape index (κ2) is 10.2. The topological polar surface area (TPSA) is 55.6 Å². The number of hydrogen-bond donors (Lipinski definition) is 1. The molecule has 5 rings (SSSR count). The van der Waals surface area contributed by atoms with Crippen LogP contribution >= 0.6 is 0 Å². The first-order valence-corrected chi connectivity index (χ1v) is 11.5. The molecule has 5 nitrogen and oxygen atoms in total. The van der Waals surface area contributed by atoms with Crippen LogP contribution in [0.4, 0.5) is 23.5 Å². The summed E-state index contributed by atoms with van der Waals surface area (Å²) < 4.78 is 54.3. The molecule has 0 amide bonds. The standard InChI is InChI=1S/C28H21F4N5/c29-23-12-10-22(11-13-23)25-26(37(18-35-25)17-28(30,31)32)24-14-15-33-27(36-24)34-16-19-6-8-21(9-7-19)20-4-2-1-3-5-20/h1-15,18H,16-17H2,(H,33,34,36). The second-order valence-corrected chi connectivity index (χ2v) is 8.37. The van der Waals surface area contributed by atoms with Gasteiger partial charge in [0.25, 0.3) is 0 Å². The van der Waals surface area contributed by atoms with Crippen LogP contribution in [0.2, 0.25) is 0 Å². The quantitative estimate of drug-likeness (QED) is 0.243. The number of benzene rings is 3. The third-order valence-electron chi connectivity index (χ3n) is 5.71. The van der Waals surface area contributed by atoms with E-state index < -0.39 is 18.5 Å². The molecule has 0 radical (unpaired) electrons. The van der Waals surface area contributed by atoms with E-state index in [1.807, 2.05) is 54.6 Å². The number of halogens is 4. The van der Waals surface area contributed by atoms with E-state index in [1.165, 1.54) is 36.5 Å². The number of rotatable bonds is 7. The van der Waals surface area contributed by atoms with Gasteiger partial charge in [0.05, 0.1) is 23.4 Å². The molecule has 186 valence electrons. The SMILES string of the molecule is Fc1ccc(-c2ncn(CC(F)(F)F)c2-c2ccnc(NCc3ccc(-c4ccccc4)cc3)n2)cc1. The van der Waals surface area contributed by atoms with Gasteiger partial charge in [-0.1, -0.05) is 54.6 Å². The zero-order valence-corrected chi connectivity index (χ0v) is 19.5. The number of nitrogens with one attached hydrogen (secondary N) is 1. The average Bonchev–Trinajstić information content (AvgIpc) is 3.31. The highest BCUT2D eigenvalue weighted by molar-refractivity contribution is 5.77. The van der Waals surface area contributed by atoms with Gasteiger partial charge in [0, 0.05) is 18.3 Å². The van der Waals surface area contributed by atoms with Crippen LogP contribution in [0.1, 0.15) is 5.56 Å². The zero-order chi connectivity index (χ0) is 25.8. The molecule has 0 unspecified atom stereocenters. The Bertz CT molecular complexity index is 1480. The molecular weight excluding hydrogens is 482 g/mol. The Balaban J connectivity index is 1.40. The van der Waals surface area contributed by atoms with Gasteiger partial charge in [0.15, 0.2) is 0 Å². The predicted molar refractivity (Wildman–Crippen MR) is 134 cm³/mol. The van der Waals surface area contributed by atoms with E-state index in [1.54, 1.807) is 0 Å². The molecule has 0 aliphatic carbocycles. The van der Waals surface area contributed by atoms with E-state index in [9.17, 15) is 17.6 Å². The Morgan fingerprint density at radius 2 is 1.43 bits per heavy atom. The maximum absolute atomic E-state index is 13.4. The highest BCUT2D eigenvalue weighted by Gasteiger charge is 2.30. The van der Waals surface area contributed by atoms with E-state index in [4.69, 9.17) is 0 Å². The van der Waals surface area contributed by atoms with Gasteiger partial charge >= 0.3 is 6.18 Å². The summed E-state index contributed by atoms with van der Waals surface area (Å²) in [5.41, 5.74) is 4.37. The Morgan fingerprint density at radius 1 is 0.757 bits per heavy atom. The third kappa shape index (κ3) is 5.83. The Kier molecular flexibility index (Phi) is 6.68. The Morgan fingerprint density at radius 3 is 2.14 bits per heavy atom. The fraction of sp³-hybridized carbons (Fsp3) is 0.107. The highest BCUT2D eigenvalue weighted by Crippen LogP contribution is 2.32. The van der Waals surface area contributed by atoms with Gasteiger partial charge in [-0.3, -0.25) is 0 Å². The second-order valence-electron chi connectivity index (χ2n) is 8.37. The van der Waals surface area contributed by atoms with Gasteiger partial charge in [0.1, 0.15) is 12.4 Å². The summed E-state index contributed by atoms with van der Waals surface area (Å²) in [4.78, 5) is 12.9. The monoisotopic (exact) mass is 503 g/mol. The summed E-state index contributed by atoms with van der Waals surface area (Å²) in [7, 11) is 0. The highest BCUT2D eigenvalue weighted by atomic mass is 19.4. The molecule has 0 fully saturated rings. The fourth-order valence-corrected chi connectivity index (χ4v) is 3.99. The number of anilines is 1.